The lowest BCUT2D eigenvalue weighted by atomic mass is 10.2. The van der Waals surface area contributed by atoms with Crippen molar-refractivity contribution in [3.63, 3.8) is 0 Å². The lowest BCUT2D eigenvalue weighted by molar-refractivity contribution is -0.143. The predicted molar refractivity (Wildman–Crippen MR) is 66.0 cm³/mol. The average Bonchev–Trinajstić information content (AvgIpc) is 2.74. The predicted octanol–water partition coefficient (Wildman–Crippen LogP) is 0.882. The van der Waals surface area contributed by atoms with Crippen molar-refractivity contribution in [1.82, 2.24) is 15.1 Å². The summed E-state index contributed by atoms with van der Waals surface area (Å²) < 4.78 is 6.39. The molecule has 6 heteroatoms. The Kier molecular flexibility index (Phi) is 5.35. The number of hydrogen-bond acceptors (Lipinski definition) is 4. The summed E-state index contributed by atoms with van der Waals surface area (Å²) in [7, 11) is 1.75. The average molecular weight is 253 g/mol. The van der Waals surface area contributed by atoms with E-state index >= 15 is 0 Å². The SMILES string of the molecule is CCOC(=O)CCC(C)NC(=O)c1ccn(C)n1. The first-order valence-corrected chi connectivity index (χ1v) is 5.99. The molecule has 0 bridgehead atoms. The molecular formula is C12H19N3O3. The summed E-state index contributed by atoms with van der Waals surface area (Å²) in [5, 5.41) is 6.79. The highest BCUT2D eigenvalue weighted by Gasteiger charge is 2.13. The van der Waals surface area contributed by atoms with Gasteiger partial charge in [0.1, 0.15) is 5.69 Å². The summed E-state index contributed by atoms with van der Waals surface area (Å²) in [6.45, 7) is 4.00. The first kappa shape index (κ1) is 14.2. The number of carbonyl (C=O) groups excluding carboxylic acids is 2. The van der Waals surface area contributed by atoms with Crippen LogP contribution in [0.25, 0.3) is 0 Å². The van der Waals surface area contributed by atoms with Crippen LogP contribution in [0, 0.1) is 0 Å². The molecule has 0 saturated carbocycles. The van der Waals surface area contributed by atoms with Gasteiger partial charge in [-0.1, -0.05) is 0 Å². The van der Waals surface area contributed by atoms with Crippen LogP contribution in [0.3, 0.4) is 0 Å². The van der Waals surface area contributed by atoms with Gasteiger partial charge in [0.25, 0.3) is 5.91 Å². The third-order valence-electron chi connectivity index (χ3n) is 2.41. The molecule has 100 valence electrons. The fourth-order valence-electron chi connectivity index (χ4n) is 1.47. The lowest BCUT2D eigenvalue weighted by Crippen LogP contribution is -2.33. The molecule has 0 aliphatic rings. The van der Waals surface area contributed by atoms with E-state index in [1.807, 2.05) is 6.92 Å². The normalized spacial score (nSPS) is 11.9. The number of amides is 1. The Labute approximate surface area is 106 Å². The molecule has 1 aromatic rings. The van der Waals surface area contributed by atoms with Gasteiger partial charge in [-0.2, -0.15) is 5.10 Å². The Hall–Kier alpha value is -1.85. The minimum atomic E-state index is -0.239. The van der Waals surface area contributed by atoms with Crippen molar-refractivity contribution in [1.29, 1.82) is 0 Å². The molecule has 1 N–H and O–H groups in total. The number of carbonyl (C=O) groups is 2. The van der Waals surface area contributed by atoms with E-state index in [9.17, 15) is 9.59 Å². The van der Waals surface area contributed by atoms with Crippen LogP contribution in [-0.2, 0) is 16.6 Å². The number of rotatable bonds is 6. The topological polar surface area (TPSA) is 73.2 Å². The summed E-state index contributed by atoms with van der Waals surface area (Å²) in [6.07, 6.45) is 2.56. The van der Waals surface area contributed by atoms with Crippen LogP contribution in [0.1, 0.15) is 37.2 Å². The van der Waals surface area contributed by atoms with Crippen LogP contribution in [0.4, 0.5) is 0 Å². The van der Waals surface area contributed by atoms with E-state index in [2.05, 4.69) is 10.4 Å². The van der Waals surface area contributed by atoms with Crippen LogP contribution in [-0.4, -0.2) is 34.3 Å². The van der Waals surface area contributed by atoms with Crippen LogP contribution in [0.15, 0.2) is 12.3 Å². The molecule has 18 heavy (non-hydrogen) atoms. The summed E-state index contributed by atoms with van der Waals surface area (Å²) in [4.78, 5) is 22.9. The number of aromatic nitrogens is 2. The minimum absolute atomic E-state index is 0.0936. The zero-order valence-corrected chi connectivity index (χ0v) is 11.0. The second kappa shape index (κ2) is 6.78. The van der Waals surface area contributed by atoms with Gasteiger partial charge in [0, 0.05) is 25.7 Å². The van der Waals surface area contributed by atoms with Gasteiger partial charge in [0.15, 0.2) is 0 Å². The molecule has 1 atom stereocenters. The maximum absolute atomic E-state index is 11.7. The van der Waals surface area contributed by atoms with Crippen molar-refractivity contribution >= 4 is 11.9 Å². The molecule has 0 fully saturated rings. The first-order valence-electron chi connectivity index (χ1n) is 5.99. The van der Waals surface area contributed by atoms with Crippen molar-refractivity contribution < 1.29 is 14.3 Å². The van der Waals surface area contributed by atoms with Gasteiger partial charge in [0.05, 0.1) is 6.61 Å². The van der Waals surface area contributed by atoms with Crippen LogP contribution < -0.4 is 5.32 Å². The largest absolute Gasteiger partial charge is 0.466 e. The molecule has 0 radical (unpaired) electrons. The third kappa shape index (κ3) is 4.57. The molecular weight excluding hydrogens is 234 g/mol. The van der Waals surface area contributed by atoms with E-state index in [0.29, 0.717) is 25.1 Å². The highest BCUT2D eigenvalue weighted by atomic mass is 16.5. The van der Waals surface area contributed by atoms with E-state index in [1.54, 1.807) is 30.9 Å². The zero-order valence-electron chi connectivity index (χ0n) is 11.0. The second-order valence-corrected chi connectivity index (χ2v) is 4.09. The molecule has 1 unspecified atom stereocenters. The monoisotopic (exact) mass is 253 g/mol. The van der Waals surface area contributed by atoms with Gasteiger partial charge < -0.3 is 10.1 Å². The van der Waals surface area contributed by atoms with Crippen molar-refractivity contribution in [2.24, 2.45) is 7.05 Å². The van der Waals surface area contributed by atoms with E-state index < -0.39 is 0 Å². The standard InChI is InChI=1S/C12H19N3O3/c1-4-18-11(16)6-5-9(2)13-12(17)10-7-8-15(3)14-10/h7-9H,4-6H2,1-3H3,(H,13,17). The van der Waals surface area contributed by atoms with Gasteiger partial charge >= 0.3 is 5.97 Å². The molecule has 0 aliphatic heterocycles. The van der Waals surface area contributed by atoms with Crippen molar-refractivity contribution in [3.8, 4) is 0 Å². The highest BCUT2D eigenvalue weighted by Crippen LogP contribution is 2.01. The summed E-state index contributed by atoms with van der Waals surface area (Å²) in [5.74, 6) is -0.469. The highest BCUT2D eigenvalue weighted by molar-refractivity contribution is 5.92. The fourth-order valence-corrected chi connectivity index (χ4v) is 1.47. The number of aryl methyl sites for hydroxylation is 1. The second-order valence-electron chi connectivity index (χ2n) is 4.09. The summed E-state index contributed by atoms with van der Waals surface area (Å²) in [6, 6.07) is 1.55. The molecule has 1 aromatic heterocycles. The van der Waals surface area contributed by atoms with Crippen molar-refractivity contribution in [2.75, 3.05) is 6.61 Å². The van der Waals surface area contributed by atoms with Gasteiger partial charge in [0.2, 0.25) is 0 Å². The van der Waals surface area contributed by atoms with Gasteiger partial charge in [-0.3, -0.25) is 14.3 Å². The van der Waals surface area contributed by atoms with E-state index in [1.165, 1.54) is 0 Å². The summed E-state index contributed by atoms with van der Waals surface area (Å²) >= 11 is 0. The summed E-state index contributed by atoms with van der Waals surface area (Å²) in [5.41, 5.74) is 0.375. The smallest absolute Gasteiger partial charge is 0.305 e. The molecule has 0 saturated heterocycles. The van der Waals surface area contributed by atoms with Gasteiger partial charge in [-0.15, -0.1) is 0 Å². The van der Waals surface area contributed by atoms with Crippen molar-refractivity contribution in [2.45, 2.75) is 32.7 Å². The molecule has 0 aliphatic carbocycles. The minimum Gasteiger partial charge on any atom is -0.466 e. The van der Waals surface area contributed by atoms with Gasteiger partial charge in [-0.05, 0) is 26.3 Å². The maximum atomic E-state index is 11.7. The quantitative estimate of drug-likeness (QED) is 0.764. The van der Waals surface area contributed by atoms with E-state index in [4.69, 9.17) is 4.74 Å². The number of hydrogen-bond donors (Lipinski definition) is 1. The zero-order chi connectivity index (χ0) is 13.5. The fraction of sp³-hybridized carbons (Fsp3) is 0.583. The lowest BCUT2D eigenvalue weighted by Gasteiger charge is -2.12. The van der Waals surface area contributed by atoms with Gasteiger partial charge in [-0.25, -0.2) is 0 Å². The van der Waals surface area contributed by atoms with Crippen LogP contribution in [0.5, 0.6) is 0 Å². The Morgan fingerprint density at radius 1 is 1.56 bits per heavy atom. The molecule has 1 amide bonds. The molecule has 6 nitrogen and oxygen atoms in total. The molecule has 0 spiro atoms. The molecule has 1 rings (SSSR count). The van der Waals surface area contributed by atoms with E-state index in [-0.39, 0.29) is 17.9 Å². The Morgan fingerprint density at radius 2 is 2.28 bits per heavy atom. The van der Waals surface area contributed by atoms with Crippen LogP contribution >= 0.6 is 0 Å². The maximum Gasteiger partial charge on any atom is 0.305 e. The number of nitrogens with one attached hydrogen (secondary N) is 1. The Morgan fingerprint density at radius 3 is 2.83 bits per heavy atom. The first-order chi connectivity index (χ1) is 8.52. The Balaban J connectivity index is 2.34. The molecule has 1 heterocycles. The van der Waals surface area contributed by atoms with E-state index in [0.717, 1.165) is 0 Å². The Bertz CT molecular complexity index is 414. The third-order valence-corrected chi connectivity index (χ3v) is 2.41. The van der Waals surface area contributed by atoms with Crippen molar-refractivity contribution in [3.05, 3.63) is 18.0 Å². The van der Waals surface area contributed by atoms with Crippen LogP contribution in [0.2, 0.25) is 0 Å². The number of ether oxygens (including phenoxy) is 1. The molecule has 0 aromatic carbocycles. The number of esters is 1. The number of nitrogens with zero attached hydrogens (tertiary/aromatic N) is 2.